The maximum atomic E-state index is 5.97. The highest BCUT2D eigenvalue weighted by molar-refractivity contribution is 5.82. The lowest BCUT2D eigenvalue weighted by Crippen LogP contribution is -2.12. The van der Waals surface area contributed by atoms with E-state index in [2.05, 4.69) is 83.8 Å². The molecule has 1 saturated heterocycles. The van der Waals surface area contributed by atoms with Crippen LogP contribution in [0.4, 0.5) is 17.1 Å². The normalized spacial score (nSPS) is 21.4. The minimum absolute atomic E-state index is 0.186. The van der Waals surface area contributed by atoms with Crippen molar-refractivity contribution < 1.29 is 4.74 Å². The molecule has 0 N–H and O–H groups in total. The molecule has 3 aromatic carbocycles. The fraction of sp³-hybridized carbons (Fsp3) is 0.100. The molecule has 0 radical (unpaired) electrons. The van der Waals surface area contributed by atoms with Crippen molar-refractivity contribution in [3.05, 3.63) is 90.0 Å². The molecule has 1 fully saturated rings. The smallest absolute Gasteiger partial charge is 0.116 e. The zero-order valence-corrected chi connectivity index (χ0v) is 12.0. The molecule has 22 heavy (non-hydrogen) atoms. The number of rotatable bonds is 1. The van der Waals surface area contributed by atoms with E-state index in [1.165, 1.54) is 28.2 Å². The van der Waals surface area contributed by atoms with Crippen LogP contribution in [0.25, 0.3) is 0 Å². The van der Waals surface area contributed by atoms with Gasteiger partial charge in [-0.3, -0.25) is 0 Å². The monoisotopic (exact) mass is 285 g/mol. The maximum Gasteiger partial charge on any atom is 0.116 e. The van der Waals surface area contributed by atoms with Gasteiger partial charge < -0.3 is 9.64 Å². The van der Waals surface area contributed by atoms with Crippen molar-refractivity contribution in [3.63, 3.8) is 0 Å². The molecular weight excluding hydrogens is 270 g/mol. The predicted molar refractivity (Wildman–Crippen MR) is 87.7 cm³/mol. The fourth-order valence-corrected chi connectivity index (χ4v) is 3.43. The van der Waals surface area contributed by atoms with Crippen molar-refractivity contribution in [2.45, 2.75) is 12.2 Å². The molecular formula is C20H15NO. The van der Waals surface area contributed by atoms with Gasteiger partial charge in [-0.05, 0) is 24.3 Å². The summed E-state index contributed by atoms with van der Waals surface area (Å²) < 4.78 is 5.97. The van der Waals surface area contributed by atoms with Crippen LogP contribution in [0.3, 0.4) is 0 Å². The highest BCUT2D eigenvalue weighted by Gasteiger charge is 2.47. The quantitative estimate of drug-likeness (QED) is 0.565. The van der Waals surface area contributed by atoms with Crippen molar-refractivity contribution in [1.29, 1.82) is 0 Å². The molecule has 2 atom stereocenters. The van der Waals surface area contributed by atoms with E-state index in [0.29, 0.717) is 0 Å². The number of hydrogen-bond acceptors (Lipinski definition) is 2. The Morgan fingerprint density at radius 3 is 1.68 bits per heavy atom. The van der Waals surface area contributed by atoms with Crippen LogP contribution in [0, 0.1) is 0 Å². The van der Waals surface area contributed by atoms with Crippen LogP contribution in [-0.2, 0) is 4.74 Å². The largest absolute Gasteiger partial charge is 0.359 e. The van der Waals surface area contributed by atoms with Crippen LogP contribution < -0.4 is 4.90 Å². The first-order chi connectivity index (χ1) is 10.9. The molecule has 5 rings (SSSR count). The topological polar surface area (TPSA) is 15.8 Å². The highest BCUT2D eigenvalue weighted by Crippen LogP contribution is 2.59. The van der Waals surface area contributed by atoms with Gasteiger partial charge in [-0.1, -0.05) is 54.6 Å². The van der Waals surface area contributed by atoms with E-state index in [1.807, 2.05) is 0 Å². The van der Waals surface area contributed by atoms with Gasteiger partial charge in [-0.15, -0.1) is 0 Å². The molecule has 2 heterocycles. The Balaban J connectivity index is 1.82. The highest BCUT2D eigenvalue weighted by atomic mass is 16.6. The first-order valence-electron chi connectivity index (χ1n) is 7.62. The average Bonchev–Trinajstić information content (AvgIpc) is 3.37. The van der Waals surface area contributed by atoms with Crippen LogP contribution in [0.5, 0.6) is 0 Å². The molecule has 0 bridgehead atoms. The van der Waals surface area contributed by atoms with E-state index in [0.717, 1.165) is 0 Å². The third-order valence-electron chi connectivity index (χ3n) is 4.47. The fourth-order valence-electron chi connectivity index (χ4n) is 3.43. The number of anilines is 3. The summed E-state index contributed by atoms with van der Waals surface area (Å²) in [4.78, 5) is 2.35. The summed E-state index contributed by atoms with van der Waals surface area (Å²) in [6.07, 6.45) is 0.372. The van der Waals surface area contributed by atoms with Crippen molar-refractivity contribution in [1.82, 2.24) is 0 Å². The van der Waals surface area contributed by atoms with E-state index < -0.39 is 0 Å². The minimum atomic E-state index is 0.186. The molecule has 0 aromatic heterocycles. The second kappa shape index (κ2) is 4.46. The molecule has 3 aromatic rings. The Morgan fingerprint density at radius 2 is 1.09 bits per heavy atom. The molecule has 2 heteroatoms. The van der Waals surface area contributed by atoms with Gasteiger partial charge in [0.15, 0.2) is 0 Å². The number of ether oxygens (including phenoxy) is 1. The van der Waals surface area contributed by atoms with E-state index in [-0.39, 0.29) is 12.2 Å². The van der Waals surface area contributed by atoms with E-state index in [9.17, 15) is 0 Å². The summed E-state index contributed by atoms with van der Waals surface area (Å²) >= 11 is 0. The SMILES string of the molecule is c1ccc(N2c3ccccc3C3OC3c3ccccc32)cc1. The molecule has 0 aliphatic carbocycles. The van der Waals surface area contributed by atoms with Crippen molar-refractivity contribution in [2.75, 3.05) is 4.90 Å². The van der Waals surface area contributed by atoms with Crippen molar-refractivity contribution in [2.24, 2.45) is 0 Å². The molecule has 106 valence electrons. The number of benzene rings is 3. The lowest BCUT2D eigenvalue weighted by Gasteiger charge is -2.27. The zero-order valence-electron chi connectivity index (χ0n) is 12.0. The average molecular weight is 285 g/mol. The van der Waals surface area contributed by atoms with Crippen molar-refractivity contribution >= 4 is 17.1 Å². The van der Waals surface area contributed by atoms with Gasteiger partial charge in [0.25, 0.3) is 0 Å². The lowest BCUT2D eigenvalue weighted by molar-refractivity contribution is 0.377. The van der Waals surface area contributed by atoms with E-state index >= 15 is 0 Å². The van der Waals surface area contributed by atoms with Gasteiger partial charge in [-0.2, -0.15) is 0 Å². The maximum absolute atomic E-state index is 5.97. The molecule has 2 unspecified atom stereocenters. The Bertz CT molecular complexity index is 792. The minimum Gasteiger partial charge on any atom is -0.359 e. The number of fused-ring (bicyclic) bond motifs is 5. The molecule has 0 saturated carbocycles. The Hall–Kier alpha value is -2.58. The van der Waals surface area contributed by atoms with Gasteiger partial charge >= 0.3 is 0 Å². The van der Waals surface area contributed by atoms with Crippen LogP contribution in [-0.4, -0.2) is 0 Å². The van der Waals surface area contributed by atoms with E-state index in [1.54, 1.807) is 0 Å². The van der Waals surface area contributed by atoms with Gasteiger partial charge in [-0.25, -0.2) is 0 Å². The standard InChI is InChI=1S/C20H15NO/c1-2-8-14(9-3-1)21-17-12-6-4-10-15(17)19-20(22-19)16-11-5-7-13-18(16)21/h1-13,19-20H. The summed E-state index contributed by atoms with van der Waals surface area (Å²) in [6.45, 7) is 0. The summed E-state index contributed by atoms with van der Waals surface area (Å²) in [5, 5.41) is 0. The summed E-state index contributed by atoms with van der Waals surface area (Å²) in [6, 6.07) is 27.7. The Labute approximate surface area is 129 Å². The van der Waals surface area contributed by atoms with Gasteiger partial charge in [0.2, 0.25) is 0 Å². The second-order valence-electron chi connectivity index (χ2n) is 5.77. The van der Waals surface area contributed by atoms with Gasteiger partial charge in [0.05, 0.1) is 11.4 Å². The number of nitrogens with zero attached hydrogens (tertiary/aromatic N) is 1. The first kappa shape index (κ1) is 12.0. The first-order valence-corrected chi connectivity index (χ1v) is 7.62. The second-order valence-corrected chi connectivity index (χ2v) is 5.77. The van der Waals surface area contributed by atoms with Crippen LogP contribution >= 0.6 is 0 Å². The van der Waals surface area contributed by atoms with Crippen LogP contribution in [0.1, 0.15) is 23.3 Å². The molecule has 0 spiro atoms. The number of epoxide rings is 1. The van der Waals surface area contributed by atoms with Gasteiger partial charge in [0.1, 0.15) is 12.2 Å². The lowest BCUT2D eigenvalue weighted by atomic mass is 10.0. The summed E-state index contributed by atoms with van der Waals surface area (Å²) in [7, 11) is 0. The summed E-state index contributed by atoms with van der Waals surface area (Å²) in [5.74, 6) is 0. The van der Waals surface area contributed by atoms with Crippen LogP contribution in [0.2, 0.25) is 0 Å². The van der Waals surface area contributed by atoms with Crippen molar-refractivity contribution in [3.8, 4) is 0 Å². The third kappa shape index (κ3) is 1.65. The third-order valence-corrected chi connectivity index (χ3v) is 4.47. The zero-order chi connectivity index (χ0) is 14.5. The van der Waals surface area contributed by atoms with Crippen LogP contribution in [0.15, 0.2) is 78.9 Å². The van der Waals surface area contributed by atoms with Gasteiger partial charge in [0, 0.05) is 16.8 Å². The predicted octanol–water partition coefficient (Wildman–Crippen LogP) is 5.28. The number of hydrogen-bond donors (Lipinski definition) is 0. The van der Waals surface area contributed by atoms with E-state index in [4.69, 9.17) is 4.74 Å². The molecule has 0 amide bonds. The Kier molecular flexibility index (Phi) is 2.43. The Morgan fingerprint density at radius 1 is 0.591 bits per heavy atom. The summed E-state index contributed by atoms with van der Waals surface area (Å²) in [5.41, 5.74) is 6.15. The molecule has 2 aliphatic rings. The molecule has 2 aliphatic heterocycles. The number of para-hydroxylation sites is 3. The molecule has 2 nitrogen and oxygen atoms in total.